The highest BCUT2D eigenvalue weighted by atomic mass is 35.5. The molecule has 164 valence electrons. The Morgan fingerprint density at radius 1 is 1.19 bits per heavy atom. The van der Waals surface area contributed by atoms with Crippen LogP contribution in [0.5, 0.6) is 0 Å². The number of anilines is 1. The van der Waals surface area contributed by atoms with Gasteiger partial charge in [-0.15, -0.1) is 0 Å². The summed E-state index contributed by atoms with van der Waals surface area (Å²) in [7, 11) is -3.55. The molecule has 1 saturated heterocycles. The topological polar surface area (TPSA) is 83.8 Å². The van der Waals surface area contributed by atoms with Crippen molar-refractivity contribution in [3.63, 3.8) is 0 Å². The molecule has 0 saturated carbocycles. The molecule has 1 fully saturated rings. The first-order valence-electron chi connectivity index (χ1n) is 10.2. The highest BCUT2D eigenvalue weighted by Crippen LogP contribution is 2.34. The smallest absolute Gasteiger partial charge is 0.256 e. The van der Waals surface area contributed by atoms with Crippen molar-refractivity contribution >= 4 is 38.9 Å². The summed E-state index contributed by atoms with van der Waals surface area (Å²) in [5.74, 6) is -0.261. The Bertz CT molecular complexity index is 1270. The minimum atomic E-state index is -3.55. The third kappa shape index (κ3) is 4.55. The van der Waals surface area contributed by atoms with E-state index in [4.69, 9.17) is 16.6 Å². The summed E-state index contributed by atoms with van der Waals surface area (Å²) in [4.78, 5) is 20.2. The normalized spacial score (nSPS) is 17.2. The molecule has 9 heteroatoms. The van der Waals surface area contributed by atoms with Gasteiger partial charge in [0.05, 0.1) is 29.2 Å². The Labute approximate surface area is 187 Å². The fraction of sp³-hybridized carbons (Fsp3) is 0.364. The molecule has 1 aromatic carbocycles. The first kappa shape index (κ1) is 21.6. The van der Waals surface area contributed by atoms with E-state index in [-0.39, 0.29) is 23.2 Å². The molecule has 0 bridgehead atoms. The minimum absolute atomic E-state index is 0.189. The predicted octanol–water partition coefficient (Wildman–Crippen LogP) is 4.34. The van der Waals surface area contributed by atoms with Crippen LogP contribution in [-0.2, 0) is 10.0 Å². The van der Waals surface area contributed by atoms with Crippen LogP contribution in [0.2, 0.25) is 5.02 Å². The lowest BCUT2D eigenvalue weighted by Crippen LogP contribution is -2.39. The SMILES string of the molecule is Cc1cc(C)n2cc([C@@H]3CCCCN3C(=O)c3cc(Cl)ccc3NS(C)(=O)=O)nc2c1. The number of aryl methyl sites for hydroxylation is 2. The van der Waals surface area contributed by atoms with Crippen LogP contribution >= 0.6 is 11.6 Å². The van der Waals surface area contributed by atoms with Crippen LogP contribution in [0.4, 0.5) is 5.69 Å². The van der Waals surface area contributed by atoms with Gasteiger partial charge in [0, 0.05) is 23.5 Å². The van der Waals surface area contributed by atoms with Crippen LogP contribution < -0.4 is 4.72 Å². The van der Waals surface area contributed by atoms with Crippen LogP contribution in [0.15, 0.2) is 36.5 Å². The van der Waals surface area contributed by atoms with Crippen molar-refractivity contribution in [2.45, 2.75) is 39.2 Å². The monoisotopic (exact) mass is 460 g/mol. The van der Waals surface area contributed by atoms with E-state index in [0.29, 0.717) is 11.6 Å². The molecule has 0 aliphatic carbocycles. The first-order chi connectivity index (χ1) is 14.6. The van der Waals surface area contributed by atoms with Gasteiger partial charge in [-0.1, -0.05) is 11.6 Å². The molecule has 1 aliphatic rings. The fourth-order valence-corrected chi connectivity index (χ4v) is 4.97. The van der Waals surface area contributed by atoms with Gasteiger partial charge < -0.3 is 9.30 Å². The molecule has 2 aromatic heterocycles. The van der Waals surface area contributed by atoms with Gasteiger partial charge in [-0.2, -0.15) is 0 Å². The van der Waals surface area contributed by atoms with Crippen molar-refractivity contribution < 1.29 is 13.2 Å². The van der Waals surface area contributed by atoms with Crippen LogP contribution in [0.3, 0.4) is 0 Å². The highest BCUT2D eigenvalue weighted by molar-refractivity contribution is 7.92. The number of carbonyl (C=O) groups is 1. The van der Waals surface area contributed by atoms with Gasteiger partial charge in [0.15, 0.2) is 0 Å². The fourth-order valence-electron chi connectivity index (χ4n) is 4.22. The Morgan fingerprint density at radius 3 is 2.71 bits per heavy atom. The van der Waals surface area contributed by atoms with Crippen LogP contribution in [0.25, 0.3) is 5.65 Å². The molecule has 0 radical (unpaired) electrons. The molecule has 0 spiro atoms. The number of imidazole rings is 1. The molecular formula is C22H25ClN4O3S. The zero-order valence-corrected chi connectivity index (χ0v) is 19.3. The van der Waals surface area contributed by atoms with E-state index in [0.717, 1.165) is 48.1 Å². The number of hydrogen-bond donors (Lipinski definition) is 1. The lowest BCUT2D eigenvalue weighted by Gasteiger charge is -2.35. The second-order valence-electron chi connectivity index (χ2n) is 8.14. The molecular weight excluding hydrogens is 436 g/mol. The Morgan fingerprint density at radius 2 is 1.97 bits per heavy atom. The van der Waals surface area contributed by atoms with Gasteiger partial charge in [0.2, 0.25) is 10.0 Å². The highest BCUT2D eigenvalue weighted by Gasteiger charge is 2.32. The maximum Gasteiger partial charge on any atom is 0.256 e. The van der Waals surface area contributed by atoms with E-state index in [9.17, 15) is 13.2 Å². The van der Waals surface area contributed by atoms with Crippen molar-refractivity contribution in [1.29, 1.82) is 0 Å². The van der Waals surface area contributed by atoms with Crippen molar-refractivity contribution in [1.82, 2.24) is 14.3 Å². The average Bonchev–Trinajstić information content (AvgIpc) is 3.12. The lowest BCUT2D eigenvalue weighted by molar-refractivity contribution is 0.0608. The van der Waals surface area contributed by atoms with E-state index in [1.807, 2.05) is 30.5 Å². The third-order valence-electron chi connectivity index (χ3n) is 5.54. The summed E-state index contributed by atoms with van der Waals surface area (Å²) in [6.07, 6.45) is 5.71. The quantitative estimate of drug-likeness (QED) is 0.627. The average molecular weight is 461 g/mol. The van der Waals surface area contributed by atoms with E-state index >= 15 is 0 Å². The Hall–Kier alpha value is -2.58. The van der Waals surface area contributed by atoms with Gasteiger partial charge in [0.1, 0.15) is 5.65 Å². The number of pyridine rings is 1. The Balaban J connectivity index is 1.74. The summed E-state index contributed by atoms with van der Waals surface area (Å²) in [5.41, 5.74) is 4.36. The van der Waals surface area contributed by atoms with Crippen molar-refractivity contribution in [2.75, 3.05) is 17.5 Å². The van der Waals surface area contributed by atoms with Gasteiger partial charge in [0.25, 0.3) is 5.91 Å². The first-order valence-corrected chi connectivity index (χ1v) is 12.4. The summed E-state index contributed by atoms with van der Waals surface area (Å²) >= 11 is 6.15. The minimum Gasteiger partial charge on any atom is -0.330 e. The molecule has 1 amide bonds. The number of benzene rings is 1. The number of halogens is 1. The molecule has 1 N–H and O–H groups in total. The molecule has 7 nitrogen and oxygen atoms in total. The largest absolute Gasteiger partial charge is 0.330 e. The number of rotatable bonds is 4. The lowest BCUT2D eigenvalue weighted by atomic mass is 9.98. The van der Waals surface area contributed by atoms with Crippen molar-refractivity contribution in [3.05, 3.63) is 64.1 Å². The van der Waals surface area contributed by atoms with E-state index in [2.05, 4.69) is 10.8 Å². The number of nitrogens with zero attached hydrogens (tertiary/aromatic N) is 3. The van der Waals surface area contributed by atoms with Crippen LogP contribution in [0.1, 0.15) is 52.6 Å². The second-order valence-corrected chi connectivity index (χ2v) is 10.3. The van der Waals surface area contributed by atoms with Crippen molar-refractivity contribution in [2.24, 2.45) is 0 Å². The maximum absolute atomic E-state index is 13.6. The van der Waals surface area contributed by atoms with Crippen LogP contribution in [-0.4, -0.2) is 41.4 Å². The number of nitrogens with one attached hydrogen (secondary N) is 1. The number of amides is 1. The van der Waals surface area contributed by atoms with Crippen molar-refractivity contribution in [3.8, 4) is 0 Å². The van der Waals surface area contributed by atoms with Gasteiger partial charge >= 0.3 is 0 Å². The summed E-state index contributed by atoms with van der Waals surface area (Å²) in [5, 5.41) is 0.370. The van der Waals surface area contributed by atoms with E-state index < -0.39 is 10.0 Å². The standard InChI is InChI=1S/C22H25ClN4O3S/c1-14-10-15(2)27-13-19(24-21(27)11-14)20-6-4-5-9-26(20)22(28)17-12-16(23)7-8-18(17)25-31(3,29)30/h7-8,10-13,20,25H,4-6,9H2,1-3H3/t20-/m0/s1. The number of fused-ring (bicyclic) bond motifs is 1. The molecule has 1 aliphatic heterocycles. The number of sulfonamides is 1. The molecule has 31 heavy (non-hydrogen) atoms. The number of likely N-dealkylation sites (tertiary alicyclic amines) is 1. The molecule has 4 rings (SSSR count). The zero-order chi connectivity index (χ0) is 22.3. The molecule has 3 heterocycles. The van der Waals surface area contributed by atoms with Gasteiger partial charge in [-0.05, 0) is 69.0 Å². The summed E-state index contributed by atoms with van der Waals surface area (Å²) in [6, 6.07) is 8.53. The summed E-state index contributed by atoms with van der Waals surface area (Å²) < 4.78 is 28.1. The predicted molar refractivity (Wildman–Crippen MR) is 122 cm³/mol. The Kier molecular flexibility index (Phi) is 5.70. The van der Waals surface area contributed by atoms with Gasteiger partial charge in [-0.3, -0.25) is 9.52 Å². The maximum atomic E-state index is 13.6. The second kappa shape index (κ2) is 8.16. The number of aromatic nitrogens is 2. The number of hydrogen-bond acceptors (Lipinski definition) is 4. The third-order valence-corrected chi connectivity index (χ3v) is 6.36. The zero-order valence-electron chi connectivity index (χ0n) is 17.7. The van der Waals surface area contributed by atoms with E-state index in [1.165, 1.54) is 12.1 Å². The molecule has 0 unspecified atom stereocenters. The molecule has 1 atom stereocenters. The number of carbonyl (C=O) groups excluding carboxylic acids is 1. The summed E-state index contributed by atoms with van der Waals surface area (Å²) in [6.45, 7) is 4.64. The number of piperidine rings is 1. The van der Waals surface area contributed by atoms with Crippen LogP contribution in [0, 0.1) is 13.8 Å². The molecule has 3 aromatic rings. The van der Waals surface area contributed by atoms with Gasteiger partial charge in [-0.25, -0.2) is 13.4 Å². The van der Waals surface area contributed by atoms with E-state index in [1.54, 1.807) is 11.0 Å².